The first-order valence-corrected chi connectivity index (χ1v) is 4.34. The Hall–Kier alpha value is -1.40. The second kappa shape index (κ2) is 3.15. The molecule has 13 heavy (non-hydrogen) atoms. The number of carboxylic acids is 1. The van der Waals surface area contributed by atoms with Crippen LogP contribution in [0.4, 0.5) is 5.00 Å². The Morgan fingerprint density at radius 1 is 1.69 bits per heavy atom. The van der Waals surface area contributed by atoms with E-state index in [2.05, 4.69) is 4.99 Å². The number of carbonyl (C=O) groups is 1. The number of thiophene rings is 1. The fourth-order valence-electron chi connectivity index (χ4n) is 0.918. The van der Waals surface area contributed by atoms with Gasteiger partial charge in [0, 0.05) is 0 Å². The summed E-state index contributed by atoms with van der Waals surface area (Å²) in [7, 11) is 0. The van der Waals surface area contributed by atoms with Crippen molar-refractivity contribution in [3.8, 4) is 0 Å². The van der Waals surface area contributed by atoms with Crippen LogP contribution >= 0.6 is 11.3 Å². The van der Waals surface area contributed by atoms with Crippen molar-refractivity contribution in [3.63, 3.8) is 0 Å². The van der Waals surface area contributed by atoms with E-state index in [1.54, 1.807) is 6.07 Å². The smallest absolute Gasteiger partial charge is 0.345 e. The second-order valence-electron chi connectivity index (χ2n) is 2.33. The summed E-state index contributed by atoms with van der Waals surface area (Å²) in [6.45, 7) is 0.292. The van der Waals surface area contributed by atoms with Gasteiger partial charge in [-0.05, 0) is 12.1 Å². The van der Waals surface area contributed by atoms with Gasteiger partial charge in [0.1, 0.15) is 16.2 Å². The first kappa shape index (κ1) is 8.21. The highest BCUT2D eigenvalue weighted by Crippen LogP contribution is 2.26. The van der Waals surface area contributed by atoms with Gasteiger partial charge in [0.2, 0.25) is 0 Å². The molecule has 0 spiro atoms. The van der Waals surface area contributed by atoms with Crippen LogP contribution in [0.1, 0.15) is 9.67 Å². The number of hydrogen-bond donors (Lipinski definition) is 1. The van der Waals surface area contributed by atoms with Gasteiger partial charge in [0.05, 0.1) is 0 Å². The SMILES string of the molecule is O=C(O)c1ccc(N2C=NCO2)s1. The van der Waals surface area contributed by atoms with Gasteiger partial charge in [0.15, 0.2) is 6.73 Å². The molecule has 0 bridgehead atoms. The molecule has 0 fully saturated rings. The van der Waals surface area contributed by atoms with E-state index < -0.39 is 5.97 Å². The largest absolute Gasteiger partial charge is 0.477 e. The molecule has 6 heteroatoms. The monoisotopic (exact) mass is 198 g/mol. The lowest BCUT2D eigenvalue weighted by Gasteiger charge is -2.07. The van der Waals surface area contributed by atoms with E-state index in [9.17, 15) is 4.79 Å². The summed E-state index contributed by atoms with van der Waals surface area (Å²) in [5.74, 6) is -0.924. The van der Waals surface area contributed by atoms with Crippen molar-refractivity contribution in [1.29, 1.82) is 0 Å². The van der Waals surface area contributed by atoms with Crippen LogP contribution in [0.15, 0.2) is 17.1 Å². The molecule has 1 aliphatic rings. The first-order chi connectivity index (χ1) is 6.27. The van der Waals surface area contributed by atoms with E-state index in [0.717, 1.165) is 16.3 Å². The number of nitrogens with zero attached hydrogens (tertiary/aromatic N) is 2. The van der Waals surface area contributed by atoms with Gasteiger partial charge in [-0.25, -0.2) is 14.6 Å². The third-order valence-corrected chi connectivity index (χ3v) is 2.53. The van der Waals surface area contributed by atoms with Gasteiger partial charge in [-0.2, -0.15) is 5.06 Å². The maximum Gasteiger partial charge on any atom is 0.345 e. The van der Waals surface area contributed by atoms with E-state index in [1.165, 1.54) is 17.5 Å². The quantitative estimate of drug-likeness (QED) is 0.775. The predicted octanol–water partition coefficient (Wildman–Crippen LogP) is 1.18. The Kier molecular flexibility index (Phi) is 1.99. The van der Waals surface area contributed by atoms with Gasteiger partial charge in [-0.15, -0.1) is 11.3 Å². The molecule has 0 aromatic carbocycles. The van der Waals surface area contributed by atoms with Crippen LogP contribution in [0.3, 0.4) is 0 Å². The van der Waals surface area contributed by atoms with Crippen molar-refractivity contribution < 1.29 is 14.7 Å². The van der Waals surface area contributed by atoms with Crippen LogP contribution in [-0.2, 0) is 4.84 Å². The molecule has 1 N–H and O–H groups in total. The topological polar surface area (TPSA) is 62.1 Å². The summed E-state index contributed by atoms with van der Waals surface area (Å²) in [6, 6.07) is 3.23. The molecule has 0 radical (unpaired) electrons. The summed E-state index contributed by atoms with van der Waals surface area (Å²) in [6.07, 6.45) is 1.53. The van der Waals surface area contributed by atoms with Crippen LogP contribution in [0.5, 0.6) is 0 Å². The number of hydroxylamine groups is 1. The molecule has 2 rings (SSSR count). The van der Waals surface area contributed by atoms with Crippen molar-refractivity contribution in [2.45, 2.75) is 0 Å². The highest BCUT2D eigenvalue weighted by atomic mass is 32.1. The molecule has 68 valence electrons. The summed E-state index contributed by atoms with van der Waals surface area (Å²) >= 11 is 1.15. The summed E-state index contributed by atoms with van der Waals surface area (Å²) in [5.41, 5.74) is 0. The summed E-state index contributed by atoms with van der Waals surface area (Å²) in [4.78, 5) is 19.7. The lowest BCUT2D eigenvalue weighted by atomic mass is 10.5. The van der Waals surface area contributed by atoms with Gasteiger partial charge >= 0.3 is 5.97 Å². The molecule has 0 saturated carbocycles. The van der Waals surface area contributed by atoms with Crippen molar-refractivity contribution in [2.24, 2.45) is 4.99 Å². The molecule has 0 unspecified atom stereocenters. The maximum atomic E-state index is 10.5. The molecular weight excluding hydrogens is 192 g/mol. The number of aromatic carboxylic acids is 1. The highest BCUT2D eigenvalue weighted by Gasteiger charge is 2.14. The molecule has 0 saturated heterocycles. The second-order valence-corrected chi connectivity index (χ2v) is 3.39. The van der Waals surface area contributed by atoms with Gasteiger partial charge in [-0.3, -0.25) is 0 Å². The van der Waals surface area contributed by atoms with E-state index in [0.29, 0.717) is 11.6 Å². The van der Waals surface area contributed by atoms with Gasteiger partial charge in [0.25, 0.3) is 0 Å². The van der Waals surface area contributed by atoms with Gasteiger partial charge in [-0.1, -0.05) is 0 Å². The molecule has 0 atom stereocenters. The summed E-state index contributed by atoms with van der Waals surface area (Å²) in [5, 5.41) is 10.8. The minimum atomic E-state index is -0.924. The van der Waals surface area contributed by atoms with Crippen LogP contribution in [-0.4, -0.2) is 24.1 Å². The molecule has 5 nitrogen and oxygen atoms in total. The molecule has 0 amide bonds. The maximum absolute atomic E-state index is 10.5. The van der Waals surface area contributed by atoms with Crippen molar-refractivity contribution in [2.75, 3.05) is 11.8 Å². The molecule has 2 heterocycles. The van der Waals surface area contributed by atoms with Gasteiger partial charge < -0.3 is 5.11 Å². The van der Waals surface area contributed by atoms with Crippen LogP contribution < -0.4 is 5.06 Å². The lowest BCUT2D eigenvalue weighted by Crippen LogP contribution is -2.13. The molecule has 1 aromatic rings. The number of carboxylic acid groups (broad SMARTS) is 1. The zero-order valence-corrected chi connectivity index (χ0v) is 7.32. The van der Waals surface area contributed by atoms with E-state index >= 15 is 0 Å². The van der Waals surface area contributed by atoms with E-state index in [4.69, 9.17) is 9.94 Å². The molecule has 0 aliphatic carbocycles. The predicted molar refractivity (Wildman–Crippen MR) is 48.2 cm³/mol. The lowest BCUT2D eigenvalue weighted by molar-refractivity contribution is 0.0702. The standard InChI is InChI=1S/C7H6N2O3S/c10-7(11)5-1-2-6(13-5)9-3-8-4-12-9/h1-3H,4H2,(H,10,11). The van der Waals surface area contributed by atoms with E-state index in [-0.39, 0.29) is 0 Å². The van der Waals surface area contributed by atoms with Crippen molar-refractivity contribution >= 4 is 28.6 Å². The third kappa shape index (κ3) is 1.53. The van der Waals surface area contributed by atoms with E-state index in [1.807, 2.05) is 0 Å². The summed E-state index contributed by atoms with van der Waals surface area (Å²) < 4.78 is 0. The fourth-order valence-corrected chi connectivity index (χ4v) is 1.69. The number of aliphatic imine (C=N–C) groups is 1. The molecule has 1 aliphatic heterocycles. The molecular formula is C7H6N2O3S. The molecule has 1 aromatic heterocycles. The zero-order valence-electron chi connectivity index (χ0n) is 6.51. The first-order valence-electron chi connectivity index (χ1n) is 3.52. The number of anilines is 1. The third-order valence-electron chi connectivity index (χ3n) is 1.48. The average molecular weight is 198 g/mol. The number of hydrogen-bond acceptors (Lipinski definition) is 5. The Labute approximate surface area is 77.8 Å². The Balaban J connectivity index is 2.22. The number of rotatable bonds is 2. The minimum Gasteiger partial charge on any atom is -0.477 e. The fraction of sp³-hybridized carbons (Fsp3) is 0.143. The van der Waals surface area contributed by atoms with Crippen LogP contribution in [0.2, 0.25) is 0 Å². The minimum absolute atomic E-state index is 0.291. The Morgan fingerprint density at radius 2 is 2.54 bits per heavy atom. The highest BCUT2D eigenvalue weighted by molar-refractivity contribution is 7.18. The Morgan fingerprint density at radius 3 is 3.08 bits per heavy atom. The van der Waals surface area contributed by atoms with Crippen molar-refractivity contribution in [1.82, 2.24) is 0 Å². The average Bonchev–Trinajstić information content (AvgIpc) is 2.75. The zero-order chi connectivity index (χ0) is 9.26. The Bertz CT molecular complexity index is 360. The van der Waals surface area contributed by atoms with Crippen LogP contribution in [0, 0.1) is 0 Å². The van der Waals surface area contributed by atoms with Crippen LogP contribution in [0.25, 0.3) is 0 Å². The normalized spacial score (nSPS) is 15.2. The van der Waals surface area contributed by atoms with Crippen molar-refractivity contribution in [3.05, 3.63) is 17.0 Å².